The van der Waals surface area contributed by atoms with Crippen molar-refractivity contribution in [3.8, 4) is 17.2 Å². The molecule has 0 saturated carbocycles. The van der Waals surface area contributed by atoms with E-state index in [-0.39, 0.29) is 12.1 Å². The number of pyridine rings is 1. The Kier molecular flexibility index (Phi) is 5.06. The number of carbonyl (C=O) groups is 1. The normalized spacial score (nSPS) is 16.8. The van der Waals surface area contributed by atoms with Crippen LogP contribution in [0.25, 0.3) is 16.6 Å². The first-order valence-corrected chi connectivity index (χ1v) is 10.6. The van der Waals surface area contributed by atoms with Crippen LogP contribution in [0.2, 0.25) is 0 Å². The topological polar surface area (TPSA) is 88.5 Å². The van der Waals surface area contributed by atoms with E-state index < -0.39 is 5.60 Å². The standard InChI is InChI=1S/C21H23BrN6O2/c1-13-17(14-7-18(22)19-15(8-23)9-24-27(19)11-14)10-25-28(13)16-5-6-26(12-16)20(29)30-21(2,3)4/h7,9-11,16H,5-6,12H2,1-4H3. The molecular weight excluding hydrogens is 448 g/mol. The highest BCUT2D eigenvalue weighted by Gasteiger charge is 2.32. The lowest BCUT2D eigenvalue weighted by Crippen LogP contribution is -2.35. The second-order valence-electron chi connectivity index (χ2n) is 8.50. The second kappa shape index (κ2) is 7.43. The van der Waals surface area contributed by atoms with E-state index in [9.17, 15) is 10.1 Å². The molecule has 1 fully saturated rings. The average Bonchev–Trinajstić information content (AvgIpc) is 3.37. The van der Waals surface area contributed by atoms with Crippen LogP contribution in [-0.2, 0) is 4.74 Å². The number of amides is 1. The molecule has 1 saturated heterocycles. The lowest BCUT2D eigenvalue weighted by Gasteiger charge is -2.24. The van der Waals surface area contributed by atoms with Crippen molar-refractivity contribution in [2.45, 2.75) is 45.8 Å². The van der Waals surface area contributed by atoms with Gasteiger partial charge in [0.25, 0.3) is 0 Å². The van der Waals surface area contributed by atoms with Gasteiger partial charge >= 0.3 is 6.09 Å². The third-order valence-electron chi connectivity index (χ3n) is 5.20. The molecule has 0 aliphatic carbocycles. The molecule has 1 unspecified atom stereocenters. The van der Waals surface area contributed by atoms with Gasteiger partial charge < -0.3 is 9.64 Å². The number of aromatic nitrogens is 4. The summed E-state index contributed by atoms with van der Waals surface area (Å²) < 4.78 is 9.99. The highest BCUT2D eigenvalue weighted by molar-refractivity contribution is 9.10. The van der Waals surface area contributed by atoms with Crippen molar-refractivity contribution in [3.63, 3.8) is 0 Å². The number of hydrogen-bond donors (Lipinski definition) is 0. The van der Waals surface area contributed by atoms with Gasteiger partial charge in [-0.05, 0) is 56.1 Å². The van der Waals surface area contributed by atoms with Crippen LogP contribution in [0.3, 0.4) is 0 Å². The van der Waals surface area contributed by atoms with Crippen LogP contribution in [0.15, 0.2) is 29.1 Å². The van der Waals surface area contributed by atoms with Gasteiger partial charge in [-0.1, -0.05) is 0 Å². The Morgan fingerprint density at radius 1 is 1.33 bits per heavy atom. The molecule has 1 aliphatic rings. The highest BCUT2D eigenvalue weighted by Crippen LogP contribution is 2.32. The number of hydrogen-bond acceptors (Lipinski definition) is 5. The molecule has 156 valence electrons. The molecule has 1 amide bonds. The summed E-state index contributed by atoms with van der Waals surface area (Å²) in [5.41, 5.74) is 3.72. The Morgan fingerprint density at radius 3 is 2.80 bits per heavy atom. The summed E-state index contributed by atoms with van der Waals surface area (Å²) in [4.78, 5) is 14.1. The Hall–Kier alpha value is -2.86. The number of ether oxygens (including phenoxy) is 1. The summed E-state index contributed by atoms with van der Waals surface area (Å²) in [5.74, 6) is 0. The van der Waals surface area contributed by atoms with Gasteiger partial charge in [0.2, 0.25) is 0 Å². The smallest absolute Gasteiger partial charge is 0.410 e. The van der Waals surface area contributed by atoms with Gasteiger partial charge in [-0.15, -0.1) is 0 Å². The maximum Gasteiger partial charge on any atom is 0.410 e. The molecule has 1 aliphatic heterocycles. The number of fused-ring (bicyclic) bond motifs is 1. The number of likely N-dealkylation sites (tertiary alicyclic amines) is 1. The molecule has 0 bridgehead atoms. The van der Waals surface area contributed by atoms with E-state index in [1.165, 1.54) is 0 Å². The minimum atomic E-state index is -0.506. The minimum Gasteiger partial charge on any atom is -0.444 e. The van der Waals surface area contributed by atoms with E-state index in [4.69, 9.17) is 4.74 Å². The van der Waals surface area contributed by atoms with Crippen molar-refractivity contribution in [3.05, 3.63) is 40.4 Å². The van der Waals surface area contributed by atoms with Crippen LogP contribution in [-0.4, -0.2) is 49.1 Å². The van der Waals surface area contributed by atoms with Crippen molar-refractivity contribution in [2.75, 3.05) is 13.1 Å². The molecule has 4 rings (SSSR count). The van der Waals surface area contributed by atoms with Crippen molar-refractivity contribution in [2.24, 2.45) is 0 Å². The van der Waals surface area contributed by atoms with Crippen molar-refractivity contribution in [1.29, 1.82) is 5.26 Å². The highest BCUT2D eigenvalue weighted by atomic mass is 79.9. The maximum absolute atomic E-state index is 12.4. The van der Waals surface area contributed by atoms with E-state index in [0.717, 1.165) is 33.2 Å². The van der Waals surface area contributed by atoms with Gasteiger partial charge in [0, 0.05) is 40.6 Å². The molecular formula is C21H23BrN6O2. The van der Waals surface area contributed by atoms with Crippen LogP contribution in [0.4, 0.5) is 4.79 Å². The predicted molar refractivity (Wildman–Crippen MR) is 115 cm³/mol. The molecule has 3 aromatic rings. The summed E-state index contributed by atoms with van der Waals surface area (Å²) in [5, 5.41) is 18.2. The molecule has 0 N–H and O–H groups in total. The number of nitrogens with zero attached hydrogens (tertiary/aromatic N) is 6. The van der Waals surface area contributed by atoms with Crippen molar-refractivity contribution < 1.29 is 9.53 Å². The van der Waals surface area contributed by atoms with Gasteiger partial charge in [-0.25, -0.2) is 9.31 Å². The lowest BCUT2D eigenvalue weighted by molar-refractivity contribution is 0.0288. The maximum atomic E-state index is 12.4. The zero-order chi connectivity index (χ0) is 21.6. The summed E-state index contributed by atoms with van der Waals surface area (Å²) in [6.07, 6.45) is 5.85. The third-order valence-corrected chi connectivity index (χ3v) is 5.81. The summed E-state index contributed by atoms with van der Waals surface area (Å²) >= 11 is 3.56. The quantitative estimate of drug-likeness (QED) is 0.556. The van der Waals surface area contributed by atoms with Crippen molar-refractivity contribution in [1.82, 2.24) is 24.3 Å². The number of halogens is 1. The number of rotatable bonds is 2. The molecule has 1 atom stereocenters. The monoisotopic (exact) mass is 470 g/mol. The summed E-state index contributed by atoms with van der Waals surface area (Å²) in [7, 11) is 0. The Morgan fingerprint density at radius 2 is 2.10 bits per heavy atom. The van der Waals surface area contributed by atoms with E-state index >= 15 is 0 Å². The second-order valence-corrected chi connectivity index (χ2v) is 9.35. The van der Waals surface area contributed by atoms with Crippen LogP contribution >= 0.6 is 15.9 Å². The fourth-order valence-corrected chi connectivity index (χ4v) is 4.45. The number of nitriles is 1. The minimum absolute atomic E-state index is 0.105. The molecule has 0 radical (unpaired) electrons. The lowest BCUT2D eigenvalue weighted by atomic mass is 10.1. The summed E-state index contributed by atoms with van der Waals surface area (Å²) in [6.45, 7) is 8.87. The molecule has 0 spiro atoms. The Bertz CT molecular complexity index is 1170. The molecule has 8 nitrogen and oxygen atoms in total. The first-order valence-electron chi connectivity index (χ1n) is 9.77. The van der Waals surface area contributed by atoms with Gasteiger partial charge in [0.15, 0.2) is 0 Å². The van der Waals surface area contributed by atoms with E-state index in [0.29, 0.717) is 18.7 Å². The van der Waals surface area contributed by atoms with Gasteiger partial charge in [-0.3, -0.25) is 4.68 Å². The Balaban J connectivity index is 1.59. The third kappa shape index (κ3) is 3.67. The first-order chi connectivity index (χ1) is 14.2. The van der Waals surface area contributed by atoms with E-state index in [2.05, 4.69) is 32.2 Å². The van der Waals surface area contributed by atoms with Crippen LogP contribution in [0, 0.1) is 18.3 Å². The molecule has 9 heteroatoms. The number of carbonyl (C=O) groups excluding carboxylic acids is 1. The van der Waals surface area contributed by atoms with Crippen LogP contribution < -0.4 is 0 Å². The predicted octanol–water partition coefficient (Wildman–Crippen LogP) is 4.32. The molecule has 0 aromatic carbocycles. The Labute approximate surface area is 183 Å². The first kappa shape index (κ1) is 20.4. The average molecular weight is 471 g/mol. The fourth-order valence-electron chi connectivity index (χ4n) is 3.81. The van der Waals surface area contributed by atoms with Crippen LogP contribution in [0.1, 0.15) is 44.5 Å². The summed E-state index contributed by atoms with van der Waals surface area (Å²) in [6, 6.07) is 4.24. The zero-order valence-electron chi connectivity index (χ0n) is 17.4. The molecule has 30 heavy (non-hydrogen) atoms. The van der Waals surface area contributed by atoms with Gasteiger partial charge in [0.1, 0.15) is 11.7 Å². The zero-order valence-corrected chi connectivity index (χ0v) is 19.0. The van der Waals surface area contributed by atoms with Gasteiger partial charge in [0.05, 0.1) is 29.5 Å². The van der Waals surface area contributed by atoms with Gasteiger partial charge in [-0.2, -0.15) is 15.5 Å². The van der Waals surface area contributed by atoms with Crippen LogP contribution in [0.5, 0.6) is 0 Å². The van der Waals surface area contributed by atoms with E-state index in [1.54, 1.807) is 15.6 Å². The largest absolute Gasteiger partial charge is 0.444 e. The van der Waals surface area contributed by atoms with Crippen molar-refractivity contribution >= 4 is 27.5 Å². The SMILES string of the molecule is Cc1c(-c2cc(Br)c3c(C#N)cnn3c2)cnn1C1CCN(C(=O)OC(C)(C)C)C1. The fraction of sp³-hybridized carbons (Fsp3) is 0.429. The van der Waals surface area contributed by atoms with E-state index in [1.807, 2.05) is 50.8 Å². The molecule has 3 aromatic heterocycles. The molecule has 4 heterocycles.